The average molecular weight is 389 g/mol. The Morgan fingerprint density at radius 1 is 0.963 bits per heavy atom. The van der Waals surface area contributed by atoms with E-state index in [9.17, 15) is 13.2 Å². The Morgan fingerprint density at radius 3 is 2.07 bits per heavy atom. The zero-order chi connectivity index (χ0) is 19.9. The first-order chi connectivity index (χ1) is 12.9. The number of carbonyl (C=O) groups is 1. The number of sulfonamides is 1. The molecule has 2 rings (SSSR count). The molecule has 0 bridgehead atoms. The normalized spacial score (nSPS) is 11.2. The third kappa shape index (κ3) is 5.82. The zero-order valence-corrected chi connectivity index (χ0v) is 17.1. The van der Waals surface area contributed by atoms with Gasteiger partial charge in [-0.25, -0.2) is 8.42 Å². The summed E-state index contributed by atoms with van der Waals surface area (Å²) in [6.07, 6.45) is 3.59. The van der Waals surface area contributed by atoms with Crippen molar-refractivity contribution in [1.82, 2.24) is 0 Å². The molecule has 1 N–H and O–H groups in total. The highest BCUT2D eigenvalue weighted by Crippen LogP contribution is 2.23. The van der Waals surface area contributed by atoms with Crippen molar-refractivity contribution in [2.75, 3.05) is 22.4 Å². The topological polar surface area (TPSA) is 66.5 Å². The largest absolute Gasteiger partial charge is 0.326 e. The molecule has 2 aromatic rings. The van der Waals surface area contributed by atoms with Gasteiger partial charge in [-0.1, -0.05) is 50.2 Å². The first kappa shape index (κ1) is 21.0. The fourth-order valence-electron chi connectivity index (χ4n) is 3.07. The summed E-state index contributed by atoms with van der Waals surface area (Å²) in [5.41, 5.74) is 3.75. The molecule has 0 atom stereocenters. The third-order valence-corrected chi connectivity index (χ3v) is 5.67. The lowest BCUT2D eigenvalue weighted by molar-refractivity contribution is -0.116. The van der Waals surface area contributed by atoms with Crippen LogP contribution in [0.3, 0.4) is 0 Å². The SMILES string of the molecule is CCc1cccc(CC)c1NC(=O)CCCN(c1ccccc1)S(C)(=O)=O. The lowest BCUT2D eigenvalue weighted by Gasteiger charge is -2.22. The van der Waals surface area contributed by atoms with Crippen molar-refractivity contribution in [2.24, 2.45) is 0 Å². The number of para-hydroxylation sites is 2. The first-order valence-electron chi connectivity index (χ1n) is 9.30. The smallest absolute Gasteiger partial charge is 0.232 e. The summed E-state index contributed by atoms with van der Waals surface area (Å²) in [5.74, 6) is -0.0906. The van der Waals surface area contributed by atoms with Crippen LogP contribution in [-0.2, 0) is 27.7 Å². The molecule has 27 heavy (non-hydrogen) atoms. The number of benzene rings is 2. The van der Waals surface area contributed by atoms with E-state index >= 15 is 0 Å². The highest BCUT2D eigenvalue weighted by Gasteiger charge is 2.17. The van der Waals surface area contributed by atoms with Gasteiger partial charge in [-0.15, -0.1) is 0 Å². The Balaban J connectivity index is 2.01. The van der Waals surface area contributed by atoms with Crippen molar-refractivity contribution in [1.29, 1.82) is 0 Å². The monoisotopic (exact) mass is 388 g/mol. The maximum atomic E-state index is 12.4. The average Bonchev–Trinajstić information content (AvgIpc) is 2.65. The fourth-order valence-corrected chi connectivity index (χ4v) is 4.03. The van der Waals surface area contributed by atoms with Crippen LogP contribution in [0.25, 0.3) is 0 Å². The van der Waals surface area contributed by atoms with Crippen LogP contribution in [0.15, 0.2) is 48.5 Å². The molecule has 0 fully saturated rings. The van der Waals surface area contributed by atoms with E-state index in [1.807, 2.05) is 24.3 Å². The van der Waals surface area contributed by atoms with Gasteiger partial charge in [-0.3, -0.25) is 9.10 Å². The Morgan fingerprint density at radius 2 is 1.56 bits per heavy atom. The fraction of sp³-hybridized carbons (Fsp3) is 0.381. The van der Waals surface area contributed by atoms with Crippen molar-refractivity contribution in [2.45, 2.75) is 39.5 Å². The molecule has 0 radical (unpaired) electrons. The standard InChI is InChI=1S/C21H28N2O3S/c1-4-17-11-9-12-18(5-2)21(17)22-20(24)15-10-16-23(27(3,25)26)19-13-7-6-8-14-19/h6-9,11-14H,4-5,10,15-16H2,1-3H3,(H,22,24). The van der Waals surface area contributed by atoms with Gasteiger partial charge in [0.25, 0.3) is 0 Å². The van der Waals surface area contributed by atoms with Crippen molar-refractivity contribution in [3.8, 4) is 0 Å². The van der Waals surface area contributed by atoms with E-state index in [1.54, 1.807) is 24.3 Å². The predicted octanol–water partition coefficient (Wildman–Crippen LogP) is 4.00. The molecule has 0 aliphatic carbocycles. The van der Waals surface area contributed by atoms with Crippen molar-refractivity contribution in [3.05, 3.63) is 59.7 Å². The zero-order valence-electron chi connectivity index (χ0n) is 16.2. The van der Waals surface area contributed by atoms with Gasteiger partial charge in [0.05, 0.1) is 11.9 Å². The molecular weight excluding hydrogens is 360 g/mol. The third-order valence-electron chi connectivity index (χ3n) is 4.47. The molecule has 0 saturated carbocycles. The van der Waals surface area contributed by atoms with Crippen LogP contribution in [0.5, 0.6) is 0 Å². The van der Waals surface area contributed by atoms with E-state index in [2.05, 4.69) is 19.2 Å². The highest BCUT2D eigenvalue weighted by molar-refractivity contribution is 7.92. The van der Waals surface area contributed by atoms with Crippen molar-refractivity contribution >= 4 is 27.3 Å². The van der Waals surface area contributed by atoms with Crippen LogP contribution in [0.2, 0.25) is 0 Å². The van der Waals surface area contributed by atoms with Gasteiger partial charge in [0.2, 0.25) is 15.9 Å². The number of carbonyl (C=O) groups excluding carboxylic acids is 1. The molecule has 0 aliphatic heterocycles. The summed E-state index contributed by atoms with van der Waals surface area (Å²) in [7, 11) is -3.39. The van der Waals surface area contributed by atoms with E-state index in [1.165, 1.54) is 10.6 Å². The van der Waals surface area contributed by atoms with Crippen molar-refractivity contribution < 1.29 is 13.2 Å². The number of nitrogens with one attached hydrogen (secondary N) is 1. The van der Waals surface area contributed by atoms with Crippen LogP contribution in [0.1, 0.15) is 37.8 Å². The molecule has 0 saturated heterocycles. The van der Waals surface area contributed by atoms with Gasteiger partial charge in [0.15, 0.2) is 0 Å². The molecule has 0 unspecified atom stereocenters. The van der Waals surface area contributed by atoms with E-state index in [-0.39, 0.29) is 18.9 Å². The van der Waals surface area contributed by atoms with E-state index < -0.39 is 10.0 Å². The van der Waals surface area contributed by atoms with Gasteiger partial charge in [-0.2, -0.15) is 0 Å². The summed E-state index contributed by atoms with van der Waals surface area (Å²) in [5, 5.41) is 3.03. The molecule has 1 amide bonds. The molecule has 146 valence electrons. The van der Waals surface area contributed by atoms with Gasteiger partial charge >= 0.3 is 0 Å². The Hall–Kier alpha value is -2.34. The number of anilines is 2. The van der Waals surface area contributed by atoms with E-state index in [0.717, 1.165) is 29.7 Å². The summed E-state index contributed by atoms with van der Waals surface area (Å²) in [6, 6.07) is 15.0. The second-order valence-electron chi connectivity index (χ2n) is 6.48. The van der Waals surface area contributed by atoms with E-state index in [4.69, 9.17) is 0 Å². The number of amides is 1. The van der Waals surface area contributed by atoms with Gasteiger partial charge in [-0.05, 0) is 42.5 Å². The van der Waals surface area contributed by atoms with Gasteiger partial charge in [0.1, 0.15) is 0 Å². The van der Waals surface area contributed by atoms with Crippen LogP contribution in [0, 0.1) is 0 Å². The molecule has 0 aromatic heterocycles. The summed E-state index contributed by atoms with van der Waals surface area (Å²) < 4.78 is 25.5. The second kappa shape index (κ2) is 9.55. The molecule has 5 nitrogen and oxygen atoms in total. The molecule has 0 aliphatic rings. The maximum absolute atomic E-state index is 12.4. The molecule has 0 spiro atoms. The quantitative estimate of drug-likeness (QED) is 0.706. The number of hydrogen-bond donors (Lipinski definition) is 1. The van der Waals surface area contributed by atoms with Gasteiger partial charge in [0, 0.05) is 18.7 Å². The number of nitrogens with zero attached hydrogens (tertiary/aromatic N) is 1. The van der Waals surface area contributed by atoms with Crippen LogP contribution in [0.4, 0.5) is 11.4 Å². The summed E-state index contributed by atoms with van der Waals surface area (Å²) >= 11 is 0. The lowest BCUT2D eigenvalue weighted by atomic mass is 10.0. The summed E-state index contributed by atoms with van der Waals surface area (Å²) in [4.78, 5) is 12.4. The number of aryl methyl sites for hydroxylation is 2. The maximum Gasteiger partial charge on any atom is 0.232 e. The Labute approximate surface area is 162 Å². The number of rotatable bonds is 9. The Kier molecular flexibility index (Phi) is 7.42. The van der Waals surface area contributed by atoms with Crippen LogP contribution in [-0.4, -0.2) is 27.1 Å². The lowest BCUT2D eigenvalue weighted by Crippen LogP contribution is -2.31. The molecular formula is C21H28N2O3S. The summed E-state index contributed by atoms with van der Waals surface area (Å²) in [6.45, 7) is 4.40. The Bertz CT molecular complexity index is 842. The first-order valence-corrected chi connectivity index (χ1v) is 11.1. The van der Waals surface area contributed by atoms with Crippen molar-refractivity contribution in [3.63, 3.8) is 0 Å². The second-order valence-corrected chi connectivity index (χ2v) is 8.39. The molecule has 0 heterocycles. The molecule has 6 heteroatoms. The van der Waals surface area contributed by atoms with Crippen LogP contribution >= 0.6 is 0 Å². The molecule has 2 aromatic carbocycles. The minimum absolute atomic E-state index is 0.0906. The van der Waals surface area contributed by atoms with Gasteiger partial charge < -0.3 is 5.32 Å². The van der Waals surface area contributed by atoms with Crippen LogP contribution < -0.4 is 9.62 Å². The van der Waals surface area contributed by atoms with E-state index in [0.29, 0.717) is 12.1 Å². The number of hydrogen-bond acceptors (Lipinski definition) is 3. The predicted molar refractivity (Wildman–Crippen MR) is 112 cm³/mol. The highest BCUT2D eigenvalue weighted by atomic mass is 32.2. The minimum Gasteiger partial charge on any atom is -0.326 e. The minimum atomic E-state index is -3.39.